The van der Waals surface area contributed by atoms with Crippen molar-refractivity contribution in [2.24, 2.45) is 0 Å². The van der Waals surface area contributed by atoms with E-state index in [9.17, 15) is 4.79 Å². The van der Waals surface area contributed by atoms with Gasteiger partial charge in [0.15, 0.2) is 0 Å². The minimum atomic E-state index is -0.363. The van der Waals surface area contributed by atoms with Crippen LogP contribution in [-0.2, 0) is 16.1 Å². The van der Waals surface area contributed by atoms with Gasteiger partial charge in [-0.2, -0.15) is 0 Å². The minimum absolute atomic E-state index is 0.0531. The van der Waals surface area contributed by atoms with Gasteiger partial charge in [0.25, 0.3) is 5.91 Å². The van der Waals surface area contributed by atoms with E-state index in [0.717, 1.165) is 22.1 Å². The summed E-state index contributed by atoms with van der Waals surface area (Å²) in [7, 11) is 0. The van der Waals surface area contributed by atoms with Gasteiger partial charge in [-0.05, 0) is 13.8 Å². The highest BCUT2D eigenvalue weighted by atomic mass is 32.1. The Labute approximate surface area is 105 Å². The molecule has 2 heterocycles. The number of carbonyl (C=O) groups is 1. The fourth-order valence-corrected chi connectivity index (χ4v) is 2.63. The van der Waals surface area contributed by atoms with Gasteiger partial charge in [-0.1, -0.05) is 0 Å². The number of amides is 1. The lowest BCUT2D eigenvalue weighted by atomic mass is 10.3. The van der Waals surface area contributed by atoms with Crippen LogP contribution >= 0.6 is 11.3 Å². The number of carbonyl (C=O) groups excluding carboxylic acids is 1. The second-order valence-electron chi connectivity index (χ2n) is 4.02. The summed E-state index contributed by atoms with van der Waals surface area (Å²) in [6, 6.07) is 0. The van der Waals surface area contributed by atoms with Crippen LogP contribution in [0.25, 0.3) is 0 Å². The van der Waals surface area contributed by atoms with Crippen molar-refractivity contribution >= 4 is 17.2 Å². The van der Waals surface area contributed by atoms with Gasteiger partial charge in [-0.15, -0.1) is 11.3 Å². The third kappa shape index (κ3) is 3.24. The molecule has 1 aliphatic rings. The van der Waals surface area contributed by atoms with Crippen molar-refractivity contribution in [3.05, 3.63) is 15.6 Å². The summed E-state index contributed by atoms with van der Waals surface area (Å²) in [6.07, 6.45) is -0.363. The van der Waals surface area contributed by atoms with Crippen LogP contribution in [0, 0.1) is 13.8 Å². The number of rotatable bonds is 3. The van der Waals surface area contributed by atoms with E-state index >= 15 is 0 Å². The van der Waals surface area contributed by atoms with Crippen LogP contribution in [0.2, 0.25) is 0 Å². The number of thiazole rings is 1. The first kappa shape index (κ1) is 12.5. The number of aryl methyl sites for hydroxylation is 2. The summed E-state index contributed by atoms with van der Waals surface area (Å²) in [4.78, 5) is 17.2. The first-order chi connectivity index (χ1) is 8.16. The second-order valence-corrected chi connectivity index (χ2v) is 5.31. The Balaban J connectivity index is 1.85. The average Bonchev–Trinajstić information content (AvgIpc) is 2.66. The van der Waals surface area contributed by atoms with E-state index < -0.39 is 0 Å². The van der Waals surface area contributed by atoms with E-state index in [0.29, 0.717) is 19.7 Å². The topological polar surface area (TPSA) is 63.2 Å². The van der Waals surface area contributed by atoms with Crippen LogP contribution in [0.5, 0.6) is 0 Å². The molecule has 0 spiro atoms. The van der Waals surface area contributed by atoms with E-state index in [1.807, 2.05) is 13.8 Å². The van der Waals surface area contributed by atoms with Crippen molar-refractivity contribution < 1.29 is 9.53 Å². The highest BCUT2D eigenvalue weighted by molar-refractivity contribution is 7.11. The molecule has 1 amide bonds. The molecule has 2 rings (SSSR count). The Bertz CT molecular complexity index is 399. The van der Waals surface area contributed by atoms with Gasteiger partial charge in [0.1, 0.15) is 6.10 Å². The molecule has 1 fully saturated rings. The molecule has 1 saturated heterocycles. The van der Waals surface area contributed by atoms with Gasteiger partial charge in [-0.3, -0.25) is 4.79 Å². The Hall–Kier alpha value is -0.980. The maximum atomic E-state index is 11.8. The zero-order valence-corrected chi connectivity index (χ0v) is 10.9. The summed E-state index contributed by atoms with van der Waals surface area (Å²) in [5.41, 5.74) is 0.996. The molecule has 0 bridgehead atoms. The van der Waals surface area contributed by atoms with E-state index in [1.165, 1.54) is 0 Å². The van der Waals surface area contributed by atoms with Gasteiger partial charge in [0.05, 0.1) is 23.9 Å². The zero-order chi connectivity index (χ0) is 12.3. The maximum absolute atomic E-state index is 11.8. The molecule has 0 saturated carbocycles. The number of ether oxygens (including phenoxy) is 1. The molecular weight excluding hydrogens is 238 g/mol. The summed E-state index contributed by atoms with van der Waals surface area (Å²) >= 11 is 1.62. The SMILES string of the molecule is Cc1nc(C)c(CNC(=O)C2CNCCO2)s1. The lowest BCUT2D eigenvalue weighted by molar-refractivity contribution is -0.134. The average molecular weight is 255 g/mol. The van der Waals surface area contributed by atoms with Gasteiger partial charge in [0, 0.05) is 18.0 Å². The largest absolute Gasteiger partial charge is 0.366 e. The number of morpholine rings is 1. The van der Waals surface area contributed by atoms with Crippen molar-refractivity contribution in [2.45, 2.75) is 26.5 Å². The summed E-state index contributed by atoms with van der Waals surface area (Å²) in [6.45, 7) is 6.47. The molecule has 5 nitrogen and oxygen atoms in total. The molecule has 6 heteroatoms. The molecule has 1 atom stereocenters. The number of nitrogens with one attached hydrogen (secondary N) is 2. The van der Waals surface area contributed by atoms with Gasteiger partial charge >= 0.3 is 0 Å². The second kappa shape index (κ2) is 5.57. The molecule has 0 aromatic carbocycles. The van der Waals surface area contributed by atoms with Crippen LogP contribution in [0.15, 0.2) is 0 Å². The van der Waals surface area contributed by atoms with Crippen molar-refractivity contribution in [1.82, 2.24) is 15.6 Å². The maximum Gasteiger partial charge on any atom is 0.250 e. The van der Waals surface area contributed by atoms with Crippen molar-refractivity contribution in [2.75, 3.05) is 19.7 Å². The summed E-state index contributed by atoms with van der Waals surface area (Å²) < 4.78 is 5.38. The van der Waals surface area contributed by atoms with Crippen molar-refractivity contribution in [1.29, 1.82) is 0 Å². The Morgan fingerprint density at radius 1 is 1.65 bits per heavy atom. The predicted octanol–water partition coefficient (Wildman–Crippen LogP) is 0.365. The lowest BCUT2D eigenvalue weighted by Crippen LogP contribution is -2.47. The quantitative estimate of drug-likeness (QED) is 0.819. The fraction of sp³-hybridized carbons (Fsp3) is 0.636. The molecule has 0 radical (unpaired) electrons. The molecule has 94 valence electrons. The van der Waals surface area contributed by atoms with Crippen LogP contribution in [0.4, 0.5) is 0 Å². The summed E-state index contributed by atoms with van der Waals surface area (Å²) in [5.74, 6) is -0.0531. The van der Waals surface area contributed by atoms with Gasteiger partial charge in [0.2, 0.25) is 0 Å². The molecule has 1 aromatic rings. The van der Waals surface area contributed by atoms with E-state index in [4.69, 9.17) is 4.74 Å². The minimum Gasteiger partial charge on any atom is -0.366 e. The van der Waals surface area contributed by atoms with E-state index in [2.05, 4.69) is 15.6 Å². The normalized spacial score (nSPS) is 20.2. The smallest absolute Gasteiger partial charge is 0.250 e. The Morgan fingerprint density at radius 3 is 3.06 bits per heavy atom. The van der Waals surface area contributed by atoms with E-state index in [1.54, 1.807) is 11.3 Å². The number of hydrogen-bond donors (Lipinski definition) is 2. The highest BCUT2D eigenvalue weighted by Crippen LogP contribution is 2.16. The molecule has 0 aliphatic carbocycles. The van der Waals surface area contributed by atoms with Crippen LogP contribution in [0.3, 0.4) is 0 Å². The highest BCUT2D eigenvalue weighted by Gasteiger charge is 2.21. The monoisotopic (exact) mass is 255 g/mol. The molecule has 1 unspecified atom stereocenters. The van der Waals surface area contributed by atoms with Gasteiger partial charge in [-0.25, -0.2) is 4.98 Å². The number of aromatic nitrogens is 1. The first-order valence-corrected chi connectivity index (χ1v) is 6.51. The van der Waals surface area contributed by atoms with Gasteiger partial charge < -0.3 is 15.4 Å². The number of nitrogens with zero attached hydrogens (tertiary/aromatic N) is 1. The first-order valence-electron chi connectivity index (χ1n) is 5.70. The molecular formula is C11H17N3O2S. The Morgan fingerprint density at radius 2 is 2.47 bits per heavy atom. The lowest BCUT2D eigenvalue weighted by Gasteiger charge is -2.22. The molecule has 1 aromatic heterocycles. The van der Waals surface area contributed by atoms with Crippen LogP contribution in [-0.4, -0.2) is 36.7 Å². The third-order valence-electron chi connectivity index (χ3n) is 2.64. The van der Waals surface area contributed by atoms with Crippen molar-refractivity contribution in [3.8, 4) is 0 Å². The van der Waals surface area contributed by atoms with Crippen LogP contribution < -0.4 is 10.6 Å². The van der Waals surface area contributed by atoms with E-state index in [-0.39, 0.29) is 12.0 Å². The molecule has 1 aliphatic heterocycles. The fourth-order valence-electron chi connectivity index (χ4n) is 1.75. The number of hydrogen-bond acceptors (Lipinski definition) is 5. The molecule has 2 N–H and O–H groups in total. The third-order valence-corrected chi connectivity index (χ3v) is 3.72. The Kier molecular flexibility index (Phi) is 4.09. The summed E-state index contributed by atoms with van der Waals surface area (Å²) in [5, 5.41) is 7.05. The van der Waals surface area contributed by atoms with Crippen molar-refractivity contribution in [3.63, 3.8) is 0 Å². The molecule has 17 heavy (non-hydrogen) atoms. The standard InChI is InChI=1S/C11H17N3O2S/c1-7-10(17-8(2)14-7)6-13-11(15)9-5-12-3-4-16-9/h9,12H,3-6H2,1-2H3,(H,13,15). The predicted molar refractivity (Wildman–Crippen MR) is 66.0 cm³/mol. The van der Waals surface area contributed by atoms with Crippen LogP contribution in [0.1, 0.15) is 15.6 Å². The zero-order valence-electron chi connectivity index (χ0n) is 10.1.